The molecule has 0 saturated heterocycles. The molecule has 1 aliphatic rings. The monoisotopic (exact) mass is 361 g/mol. The van der Waals surface area contributed by atoms with Crippen LogP contribution < -0.4 is 0 Å². The smallest absolute Gasteiger partial charge is 0.101 e. The SMILES string of the molecule is N#Cc1c(Br)c(Br)cc2c1CCc1ccccc1-2. The Morgan fingerprint density at radius 3 is 2.61 bits per heavy atom. The third kappa shape index (κ3) is 1.72. The minimum absolute atomic E-state index is 0.758. The van der Waals surface area contributed by atoms with Crippen LogP contribution in [0.2, 0.25) is 0 Å². The number of benzene rings is 2. The van der Waals surface area contributed by atoms with E-state index < -0.39 is 0 Å². The van der Waals surface area contributed by atoms with Gasteiger partial charge < -0.3 is 0 Å². The molecular weight excluding hydrogens is 354 g/mol. The number of hydrogen-bond acceptors (Lipinski definition) is 1. The van der Waals surface area contributed by atoms with Crippen LogP contribution in [0.5, 0.6) is 0 Å². The zero-order valence-electron chi connectivity index (χ0n) is 9.50. The van der Waals surface area contributed by atoms with Gasteiger partial charge in [0.2, 0.25) is 0 Å². The van der Waals surface area contributed by atoms with Crippen molar-refractivity contribution in [1.29, 1.82) is 5.26 Å². The fraction of sp³-hybridized carbons (Fsp3) is 0.133. The Morgan fingerprint density at radius 1 is 1.06 bits per heavy atom. The van der Waals surface area contributed by atoms with E-state index in [1.165, 1.54) is 16.7 Å². The van der Waals surface area contributed by atoms with Gasteiger partial charge in [0.25, 0.3) is 0 Å². The first-order valence-electron chi connectivity index (χ1n) is 5.71. The first-order chi connectivity index (χ1) is 8.72. The average Bonchev–Trinajstić information content (AvgIpc) is 2.40. The average molecular weight is 363 g/mol. The standard InChI is InChI=1S/C15H9Br2N/c16-14-7-12-10-4-2-1-3-9(10)5-6-11(12)13(8-18)15(14)17/h1-4,7H,5-6H2. The summed E-state index contributed by atoms with van der Waals surface area (Å²) in [5.74, 6) is 0. The van der Waals surface area contributed by atoms with Crippen molar-refractivity contribution in [2.75, 3.05) is 0 Å². The molecule has 0 unspecified atom stereocenters. The van der Waals surface area contributed by atoms with Gasteiger partial charge in [0.05, 0.1) is 5.56 Å². The van der Waals surface area contributed by atoms with E-state index in [2.05, 4.69) is 68.3 Å². The van der Waals surface area contributed by atoms with Crippen LogP contribution in [0.25, 0.3) is 11.1 Å². The summed E-state index contributed by atoms with van der Waals surface area (Å²) in [6.07, 6.45) is 1.94. The Kier molecular flexibility index (Phi) is 3.01. The van der Waals surface area contributed by atoms with Crippen LogP contribution in [0, 0.1) is 11.3 Å². The summed E-state index contributed by atoms with van der Waals surface area (Å²) in [6, 6.07) is 12.9. The van der Waals surface area contributed by atoms with Crippen molar-refractivity contribution in [1.82, 2.24) is 0 Å². The van der Waals surface area contributed by atoms with Crippen molar-refractivity contribution in [3.63, 3.8) is 0 Å². The maximum absolute atomic E-state index is 9.35. The van der Waals surface area contributed by atoms with Gasteiger partial charge in [0, 0.05) is 8.95 Å². The summed E-state index contributed by atoms with van der Waals surface area (Å²) in [7, 11) is 0. The molecule has 3 heteroatoms. The van der Waals surface area contributed by atoms with Gasteiger partial charge in [-0.15, -0.1) is 0 Å². The molecule has 0 fully saturated rings. The Hall–Kier alpha value is -1.11. The lowest BCUT2D eigenvalue weighted by Gasteiger charge is -2.22. The van der Waals surface area contributed by atoms with Crippen LogP contribution in [0.15, 0.2) is 39.3 Å². The van der Waals surface area contributed by atoms with Crippen molar-refractivity contribution in [2.24, 2.45) is 0 Å². The van der Waals surface area contributed by atoms with Crippen molar-refractivity contribution in [2.45, 2.75) is 12.8 Å². The minimum atomic E-state index is 0.758. The lowest BCUT2D eigenvalue weighted by Crippen LogP contribution is -2.06. The van der Waals surface area contributed by atoms with E-state index >= 15 is 0 Å². The summed E-state index contributed by atoms with van der Waals surface area (Å²) in [6.45, 7) is 0. The number of nitriles is 1. The molecule has 2 aromatic rings. The second-order valence-electron chi connectivity index (χ2n) is 4.34. The highest BCUT2D eigenvalue weighted by atomic mass is 79.9. The quantitative estimate of drug-likeness (QED) is 0.657. The Bertz CT molecular complexity index is 684. The molecule has 0 saturated carbocycles. The molecule has 0 aromatic heterocycles. The molecular formula is C15H9Br2N. The minimum Gasteiger partial charge on any atom is -0.192 e. The third-order valence-electron chi connectivity index (χ3n) is 3.39. The highest BCUT2D eigenvalue weighted by Gasteiger charge is 2.21. The molecule has 18 heavy (non-hydrogen) atoms. The second kappa shape index (κ2) is 4.53. The number of aryl methyl sites for hydroxylation is 1. The van der Waals surface area contributed by atoms with Gasteiger partial charge in [0.1, 0.15) is 6.07 Å². The van der Waals surface area contributed by atoms with Crippen LogP contribution in [0.4, 0.5) is 0 Å². The van der Waals surface area contributed by atoms with Gasteiger partial charge >= 0.3 is 0 Å². The van der Waals surface area contributed by atoms with E-state index in [0.717, 1.165) is 32.9 Å². The molecule has 0 aliphatic heterocycles. The Labute approximate surface area is 123 Å². The van der Waals surface area contributed by atoms with Crippen LogP contribution in [0.1, 0.15) is 16.7 Å². The van der Waals surface area contributed by atoms with Gasteiger partial charge in [-0.25, -0.2) is 0 Å². The fourth-order valence-corrected chi connectivity index (χ4v) is 3.41. The lowest BCUT2D eigenvalue weighted by atomic mass is 9.83. The topological polar surface area (TPSA) is 23.8 Å². The Morgan fingerprint density at radius 2 is 1.83 bits per heavy atom. The largest absolute Gasteiger partial charge is 0.192 e. The van der Waals surface area contributed by atoms with Gasteiger partial charge in [-0.1, -0.05) is 24.3 Å². The van der Waals surface area contributed by atoms with E-state index in [1.54, 1.807) is 0 Å². The normalized spacial score (nSPS) is 12.5. The van der Waals surface area contributed by atoms with Gasteiger partial charge in [-0.3, -0.25) is 0 Å². The van der Waals surface area contributed by atoms with E-state index in [0.29, 0.717) is 0 Å². The molecule has 1 aliphatic carbocycles. The fourth-order valence-electron chi connectivity index (χ4n) is 2.54. The van der Waals surface area contributed by atoms with Crippen molar-refractivity contribution in [3.8, 4) is 17.2 Å². The van der Waals surface area contributed by atoms with Crippen LogP contribution in [-0.4, -0.2) is 0 Å². The predicted octanol–water partition coefficient (Wildman–Crippen LogP) is 4.85. The molecule has 0 spiro atoms. The van der Waals surface area contributed by atoms with Crippen molar-refractivity contribution < 1.29 is 0 Å². The van der Waals surface area contributed by atoms with Gasteiger partial charge in [-0.2, -0.15) is 5.26 Å². The first-order valence-corrected chi connectivity index (χ1v) is 7.30. The molecule has 0 atom stereocenters. The summed E-state index contributed by atoms with van der Waals surface area (Å²) < 4.78 is 1.80. The number of halogens is 2. The first kappa shape index (κ1) is 12.0. The van der Waals surface area contributed by atoms with Crippen LogP contribution in [0.3, 0.4) is 0 Å². The molecule has 1 nitrogen and oxygen atoms in total. The zero-order chi connectivity index (χ0) is 12.7. The number of hydrogen-bond donors (Lipinski definition) is 0. The second-order valence-corrected chi connectivity index (χ2v) is 5.99. The zero-order valence-corrected chi connectivity index (χ0v) is 12.7. The van der Waals surface area contributed by atoms with Crippen molar-refractivity contribution in [3.05, 3.63) is 56.0 Å². The summed E-state index contributed by atoms with van der Waals surface area (Å²) >= 11 is 7.01. The molecule has 0 radical (unpaired) electrons. The number of nitrogens with zero attached hydrogens (tertiary/aromatic N) is 1. The van der Waals surface area contributed by atoms with E-state index in [1.807, 2.05) is 0 Å². The van der Waals surface area contributed by atoms with Gasteiger partial charge in [-0.05, 0) is 73.0 Å². The maximum Gasteiger partial charge on any atom is 0.101 e. The third-order valence-corrected chi connectivity index (χ3v) is 5.37. The summed E-state index contributed by atoms with van der Waals surface area (Å²) in [4.78, 5) is 0. The molecule has 0 heterocycles. The highest BCUT2D eigenvalue weighted by Crippen LogP contribution is 2.40. The van der Waals surface area contributed by atoms with Crippen molar-refractivity contribution >= 4 is 31.9 Å². The molecule has 2 aromatic carbocycles. The van der Waals surface area contributed by atoms with Crippen LogP contribution >= 0.6 is 31.9 Å². The highest BCUT2D eigenvalue weighted by molar-refractivity contribution is 9.13. The summed E-state index contributed by atoms with van der Waals surface area (Å²) in [5, 5.41) is 9.35. The lowest BCUT2D eigenvalue weighted by molar-refractivity contribution is 0.935. The molecule has 88 valence electrons. The maximum atomic E-state index is 9.35. The number of rotatable bonds is 0. The Balaban J connectivity index is 2.36. The van der Waals surface area contributed by atoms with E-state index in [-0.39, 0.29) is 0 Å². The molecule has 0 bridgehead atoms. The van der Waals surface area contributed by atoms with E-state index in [9.17, 15) is 5.26 Å². The molecule has 0 amide bonds. The van der Waals surface area contributed by atoms with E-state index in [4.69, 9.17) is 0 Å². The van der Waals surface area contributed by atoms with Gasteiger partial charge in [0.15, 0.2) is 0 Å². The van der Waals surface area contributed by atoms with Crippen LogP contribution in [-0.2, 0) is 12.8 Å². The predicted molar refractivity (Wildman–Crippen MR) is 79.4 cm³/mol. The number of fused-ring (bicyclic) bond motifs is 3. The summed E-state index contributed by atoms with van der Waals surface area (Å²) in [5.41, 5.74) is 5.72. The molecule has 3 rings (SSSR count). The molecule has 0 N–H and O–H groups in total.